The monoisotopic (exact) mass is 227 g/mol. The number of carbonyl (C=O) groups excluding carboxylic acids is 1. The molecule has 0 unspecified atom stereocenters. The summed E-state index contributed by atoms with van der Waals surface area (Å²) in [6.07, 6.45) is 3.74. The van der Waals surface area contributed by atoms with E-state index in [2.05, 4.69) is 25.8 Å². The fourth-order valence-electron chi connectivity index (χ4n) is 2.32. The van der Waals surface area contributed by atoms with Gasteiger partial charge in [0.15, 0.2) is 0 Å². The van der Waals surface area contributed by atoms with Crippen molar-refractivity contribution in [2.24, 2.45) is 5.73 Å². The minimum absolute atomic E-state index is 0.0639. The second kappa shape index (κ2) is 6.21. The molecular weight excluding hydrogens is 202 g/mol. The van der Waals surface area contributed by atoms with Gasteiger partial charge in [-0.3, -0.25) is 4.79 Å². The average molecular weight is 227 g/mol. The first-order valence-corrected chi connectivity index (χ1v) is 6.26. The Labute approximate surface area is 98.8 Å². The van der Waals surface area contributed by atoms with Gasteiger partial charge >= 0.3 is 0 Å². The molecule has 0 aromatic rings. The van der Waals surface area contributed by atoms with Gasteiger partial charge in [0, 0.05) is 18.6 Å². The Bertz CT molecular complexity index is 230. The number of likely N-dealkylation sites (tertiary alicyclic amines) is 1. The van der Waals surface area contributed by atoms with E-state index in [1.54, 1.807) is 0 Å². The fourth-order valence-corrected chi connectivity index (χ4v) is 2.32. The van der Waals surface area contributed by atoms with Crippen LogP contribution in [0.25, 0.3) is 0 Å². The third kappa shape index (κ3) is 3.46. The Morgan fingerprint density at radius 2 is 2.19 bits per heavy atom. The highest BCUT2D eigenvalue weighted by Gasteiger charge is 2.24. The molecule has 1 aliphatic rings. The van der Waals surface area contributed by atoms with Gasteiger partial charge in [-0.2, -0.15) is 0 Å². The molecule has 1 amide bonds. The Balaban J connectivity index is 2.56. The van der Waals surface area contributed by atoms with Crippen LogP contribution in [0.5, 0.6) is 0 Å². The van der Waals surface area contributed by atoms with Gasteiger partial charge in [-0.25, -0.2) is 0 Å². The van der Waals surface area contributed by atoms with E-state index in [0.717, 1.165) is 13.1 Å². The molecule has 0 radical (unpaired) electrons. The Kier molecular flexibility index (Phi) is 5.22. The standard InChI is InChI=1S/C12H25N3O/c1-10(2)15(12(16)8-13)9-11-6-4-5-7-14(11)3/h10-11H,4-9,13H2,1-3H3/t11-/m0/s1. The number of carbonyl (C=O) groups is 1. The summed E-state index contributed by atoms with van der Waals surface area (Å²) in [7, 11) is 2.15. The van der Waals surface area contributed by atoms with Crippen LogP contribution in [0, 0.1) is 0 Å². The van der Waals surface area contributed by atoms with Crippen molar-refractivity contribution in [3.63, 3.8) is 0 Å². The number of hydrogen-bond acceptors (Lipinski definition) is 3. The molecule has 0 aromatic carbocycles. The van der Waals surface area contributed by atoms with Gasteiger partial charge in [0.25, 0.3) is 0 Å². The van der Waals surface area contributed by atoms with Crippen LogP contribution in [-0.2, 0) is 4.79 Å². The van der Waals surface area contributed by atoms with E-state index in [0.29, 0.717) is 6.04 Å². The lowest BCUT2D eigenvalue weighted by Gasteiger charge is -2.37. The van der Waals surface area contributed by atoms with Gasteiger partial charge in [0.05, 0.1) is 6.54 Å². The van der Waals surface area contributed by atoms with E-state index in [9.17, 15) is 4.79 Å². The Morgan fingerprint density at radius 3 is 2.69 bits per heavy atom. The lowest BCUT2D eigenvalue weighted by molar-refractivity contribution is -0.132. The molecule has 0 bridgehead atoms. The molecule has 0 aliphatic carbocycles. The van der Waals surface area contributed by atoms with Gasteiger partial charge < -0.3 is 15.5 Å². The van der Waals surface area contributed by atoms with Crippen molar-refractivity contribution >= 4 is 5.91 Å². The van der Waals surface area contributed by atoms with E-state index in [1.807, 2.05) is 4.90 Å². The third-order valence-corrected chi connectivity index (χ3v) is 3.45. The van der Waals surface area contributed by atoms with Crippen molar-refractivity contribution in [3.8, 4) is 0 Å². The minimum Gasteiger partial charge on any atom is -0.338 e. The summed E-state index contributed by atoms with van der Waals surface area (Å²) in [5, 5.41) is 0. The summed E-state index contributed by atoms with van der Waals surface area (Å²) < 4.78 is 0. The maximum absolute atomic E-state index is 11.7. The highest BCUT2D eigenvalue weighted by molar-refractivity contribution is 5.78. The molecule has 16 heavy (non-hydrogen) atoms. The third-order valence-electron chi connectivity index (χ3n) is 3.45. The van der Waals surface area contributed by atoms with Gasteiger partial charge in [-0.1, -0.05) is 6.42 Å². The van der Waals surface area contributed by atoms with Crippen LogP contribution < -0.4 is 5.73 Å². The summed E-state index contributed by atoms with van der Waals surface area (Å²) in [6, 6.07) is 0.748. The van der Waals surface area contributed by atoms with E-state index < -0.39 is 0 Å². The van der Waals surface area contributed by atoms with Crippen molar-refractivity contribution in [2.45, 2.75) is 45.2 Å². The van der Waals surface area contributed by atoms with E-state index in [4.69, 9.17) is 5.73 Å². The van der Waals surface area contributed by atoms with Crippen LogP contribution in [0.1, 0.15) is 33.1 Å². The van der Waals surface area contributed by atoms with Crippen LogP contribution in [-0.4, -0.2) is 54.5 Å². The first-order valence-electron chi connectivity index (χ1n) is 6.26. The number of nitrogens with two attached hydrogens (primary N) is 1. The molecule has 1 heterocycles. The van der Waals surface area contributed by atoms with Gasteiger partial charge in [0.2, 0.25) is 5.91 Å². The molecule has 1 saturated heterocycles. The maximum atomic E-state index is 11.7. The van der Waals surface area contributed by atoms with Crippen molar-refractivity contribution in [1.82, 2.24) is 9.80 Å². The molecule has 1 aliphatic heterocycles. The number of likely N-dealkylation sites (N-methyl/N-ethyl adjacent to an activating group) is 1. The average Bonchev–Trinajstić information content (AvgIpc) is 2.26. The Morgan fingerprint density at radius 1 is 1.50 bits per heavy atom. The lowest BCUT2D eigenvalue weighted by Crippen LogP contribution is -2.50. The fraction of sp³-hybridized carbons (Fsp3) is 0.917. The molecule has 4 nitrogen and oxygen atoms in total. The molecule has 94 valence electrons. The zero-order valence-electron chi connectivity index (χ0n) is 10.8. The summed E-state index contributed by atoms with van der Waals surface area (Å²) in [4.78, 5) is 16.0. The summed E-state index contributed by atoms with van der Waals surface area (Å²) in [5.41, 5.74) is 5.45. The summed E-state index contributed by atoms with van der Waals surface area (Å²) >= 11 is 0. The highest BCUT2D eigenvalue weighted by Crippen LogP contribution is 2.17. The lowest BCUT2D eigenvalue weighted by atomic mass is 10.0. The smallest absolute Gasteiger partial charge is 0.236 e. The second-order valence-corrected chi connectivity index (χ2v) is 4.97. The highest BCUT2D eigenvalue weighted by atomic mass is 16.2. The molecule has 2 N–H and O–H groups in total. The predicted molar refractivity (Wildman–Crippen MR) is 66.2 cm³/mol. The quantitative estimate of drug-likeness (QED) is 0.768. The minimum atomic E-state index is 0.0639. The van der Waals surface area contributed by atoms with Crippen LogP contribution in [0.3, 0.4) is 0 Å². The van der Waals surface area contributed by atoms with E-state index in [1.165, 1.54) is 19.3 Å². The number of amides is 1. The zero-order chi connectivity index (χ0) is 12.1. The van der Waals surface area contributed by atoms with Gasteiger partial charge in [0.1, 0.15) is 0 Å². The van der Waals surface area contributed by atoms with Crippen LogP contribution in [0.15, 0.2) is 0 Å². The first kappa shape index (κ1) is 13.5. The molecule has 1 atom stereocenters. The summed E-state index contributed by atoms with van der Waals surface area (Å²) in [5.74, 6) is 0.0639. The number of hydrogen-bond donors (Lipinski definition) is 1. The second-order valence-electron chi connectivity index (χ2n) is 4.97. The topological polar surface area (TPSA) is 49.6 Å². The largest absolute Gasteiger partial charge is 0.338 e. The molecular formula is C12H25N3O. The zero-order valence-corrected chi connectivity index (χ0v) is 10.8. The van der Waals surface area contributed by atoms with Crippen molar-refractivity contribution in [3.05, 3.63) is 0 Å². The van der Waals surface area contributed by atoms with Crippen LogP contribution in [0.4, 0.5) is 0 Å². The van der Waals surface area contributed by atoms with Crippen LogP contribution in [0.2, 0.25) is 0 Å². The van der Waals surface area contributed by atoms with E-state index in [-0.39, 0.29) is 18.5 Å². The van der Waals surface area contributed by atoms with Crippen molar-refractivity contribution in [2.75, 3.05) is 26.7 Å². The number of nitrogens with zero attached hydrogens (tertiary/aromatic N) is 2. The normalized spacial score (nSPS) is 22.4. The summed E-state index contributed by atoms with van der Waals surface area (Å²) in [6.45, 7) is 6.19. The Hall–Kier alpha value is -0.610. The first-order chi connectivity index (χ1) is 7.56. The number of piperidine rings is 1. The van der Waals surface area contributed by atoms with Crippen molar-refractivity contribution in [1.29, 1.82) is 0 Å². The molecule has 1 fully saturated rings. The van der Waals surface area contributed by atoms with Crippen molar-refractivity contribution < 1.29 is 4.79 Å². The van der Waals surface area contributed by atoms with Gasteiger partial charge in [-0.05, 0) is 40.3 Å². The maximum Gasteiger partial charge on any atom is 0.236 e. The SMILES string of the molecule is CC(C)N(C[C@@H]1CCCCN1C)C(=O)CN. The molecule has 4 heteroatoms. The molecule has 0 aromatic heterocycles. The van der Waals surface area contributed by atoms with E-state index >= 15 is 0 Å². The molecule has 0 saturated carbocycles. The van der Waals surface area contributed by atoms with Gasteiger partial charge in [-0.15, -0.1) is 0 Å². The number of rotatable bonds is 4. The molecule has 0 spiro atoms. The van der Waals surface area contributed by atoms with Crippen LogP contribution >= 0.6 is 0 Å². The predicted octanol–water partition coefficient (Wildman–Crippen LogP) is 0.666. The molecule has 1 rings (SSSR count).